The third-order valence-electron chi connectivity index (χ3n) is 5.08. The van der Waals surface area contributed by atoms with E-state index in [0.29, 0.717) is 23.7 Å². The van der Waals surface area contributed by atoms with Gasteiger partial charge in [0.25, 0.3) is 10.0 Å². The van der Waals surface area contributed by atoms with Crippen LogP contribution in [-0.4, -0.2) is 44.4 Å². The molecule has 30 heavy (non-hydrogen) atoms. The number of benzene rings is 1. The molecule has 1 atom stereocenters. The highest BCUT2D eigenvalue weighted by molar-refractivity contribution is 7.91. The molecule has 1 aliphatic heterocycles. The zero-order valence-corrected chi connectivity index (χ0v) is 19.2. The zero-order valence-electron chi connectivity index (χ0n) is 17.5. The van der Waals surface area contributed by atoms with E-state index < -0.39 is 10.0 Å². The fourth-order valence-corrected chi connectivity index (χ4v) is 6.24. The monoisotopic (exact) mass is 450 g/mol. The minimum Gasteiger partial charge on any atom is -0.491 e. The van der Waals surface area contributed by atoms with E-state index in [-0.39, 0.29) is 24.5 Å². The van der Waals surface area contributed by atoms with Crippen LogP contribution >= 0.6 is 11.3 Å². The average molecular weight is 451 g/mol. The highest BCUT2D eigenvalue weighted by Crippen LogP contribution is 2.26. The second-order valence-electron chi connectivity index (χ2n) is 7.84. The Hall–Kier alpha value is -1.90. The number of carbonyl (C=O) groups is 1. The lowest BCUT2D eigenvalue weighted by molar-refractivity contribution is -0.126. The summed E-state index contributed by atoms with van der Waals surface area (Å²) in [6.45, 7) is 5.31. The van der Waals surface area contributed by atoms with Crippen molar-refractivity contribution in [2.75, 3.05) is 19.6 Å². The van der Waals surface area contributed by atoms with Crippen LogP contribution in [0.2, 0.25) is 0 Å². The Morgan fingerprint density at radius 3 is 2.70 bits per heavy atom. The molecule has 2 aromatic rings. The Balaban J connectivity index is 1.43. The molecule has 1 fully saturated rings. The number of ether oxygens (including phenoxy) is 1. The highest BCUT2D eigenvalue weighted by Gasteiger charge is 2.33. The van der Waals surface area contributed by atoms with Gasteiger partial charge in [-0.3, -0.25) is 4.79 Å². The SMILES string of the molecule is CC(C)Oc1ccc(CCCNC(=O)C2CCCN(S(=O)(=O)c3cccs3)C2)cc1. The quantitative estimate of drug-likeness (QED) is 0.591. The molecule has 0 saturated carbocycles. The van der Waals surface area contributed by atoms with Crippen molar-refractivity contribution in [3.8, 4) is 5.75 Å². The van der Waals surface area contributed by atoms with Gasteiger partial charge in [-0.2, -0.15) is 4.31 Å². The van der Waals surface area contributed by atoms with Crippen LogP contribution in [-0.2, 0) is 21.2 Å². The third kappa shape index (κ3) is 6.06. The average Bonchev–Trinajstić information content (AvgIpc) is 3.28. The van der Waals surface area contributed by atoms with Crippen molar-refractivity contribution in [3.63, 3.8) is 0 Å². The van der Waals surface area contributed by atoms with Crippen LogP contribution in [0.25, 0.3) is 0 Å². The second-order valence-corrected chi connectivity index (χ2v) is 11.0. The maximum absolute atomic E-state index is 12.7. The van der Waals surface area contributed by atoms with E-state index in [1.807, 2.05) is 38.1 Å². The lowest BCUT2D eigenvalue weighted by Crippen LogP contribution is -2.45. The van der Waals surface area contributed by atoms with E-state index in [1.54, 1.807) is 17.5 Å². The molecule has 1 amide bonds. The van der Waals surface area contributed by atoms with Crippen LogP contribution in [0.15, 0.2) is 46.0 Å². The normalized spacial score (nSPS) is 17.8. The van der Waals surface area contributed by atoms with Crippen molar-refractivity contribution in [2.45, 2.75) is 49.8 Å². The molecule has 1 saturated heterocycles. The summed E-state index contributed by atoms with van der Waals surface area (Å²) >= 11 is 1.21. The van der Waals surface area contributed by atoms with Gasteiger partial charge in [0.05, 0.1) is 12.0 Å². The second kappa shape index (κ2) is 10.4. The predicted octanol–water partition coefficient (Wildman–Crippen LogP) is 3.69. The van der Waals surface area contributed by atoms with Gasteiger partial charge in [-0.1, -0.05) is 18.2 Å². The van der Waals surface area contributed by atoms with Gasteiger partial charge in [-0.25, -0.2) is 8.42 Å². The van der Waals surface area contributed by atoms with Crippen molar-refractivity contribution in [3.05, 3.63) is 47.3 Å². The van der Waals surface area contributed by atoms with E-state index in [2.05, 4.69) is 5.32 Å². The van der Waals surface area contributed by atoms with E-state index in [9.17, 15) is 13.2 Å². The summed E-state index contributed by atoms with van der Waals surface area (Å²) in [5, 5.41) is 4.74. The molecule has 0 bridgehead atoms. The summed E-state index contributed by atoms with van der Waals surface area (Å²) in [6.07, 6.45) is 3.28. The number of nitrogens with zero attached hydrogens (tertiary/aromatic N) is 1. The van der Waals surface area contributed by atoms with Crippen molar-refractivity contribution >= 4 is 27.3 Å². The number of thiophene rings is 1. The number of carbonyl (C=O) groups excluding carboxylic acids is 1. The van der Waals surface area contributed by atoms with E-state index >= 15 is 0 Å². The number of piperidine rings is 1. The van der Waals surface area contributed by atoms with Crippen LogP contribution in [0.3, 0.4) is 0 Å². The minimum absolute atomic E-state index is 0.0539. The summed E-state index contributed by atoms with van der Waals surface area (Å²) in [4.78, 5) is 12.6. The molecule has 0 spiro atoms. The Kier molecular flexibility index (Phi) is 7.91. The van der Waals surface area contributed by atoms with E-state index in [1.165, 1.54) is 21.2 Å². The molecule has 164 valence electrons. The van der Waals surface area contributed by atoms with Gasteiger partial charge in [0.15, 0.2) is 0 Å². The van der Waals surface area contributed by atoms with Gasteiger partial charge in [0.1, 0.15) is 9.96 Å². The lowest BCUT2D eigenvalue weighted by atomic mass is 9.99. The standard InChI is InChI=1S/C22H30N2O4S2/c1-17(2)28-20-11-9-18(10-12-20)6-3-13-23-22(25)19-7-4-14-24(16-19)30(26,27)21-8-5-15-29-21/h5,8-12,15,17,19H,3-4,6-7,13-14,16H2,1-2H3,(H,23,25). The third-order valence-corrected chi connectivity index (χ3v) is 8.32. The largest absolute Gasteiger partial charge is 0.491 e. The van der Waals surface area contributed by atoms with Crippen molar-refractivity contribution in [2.24, 2.45) is 5.92 Å². The highest BCUT2D eigenvalue weighted by atomic mass is 32.2. The minimum atomic E-state index is -3.50. The Bertz CT molecular complexity index is 909. The number of rotatable bonds is 9. The predicted molar refractivity (Wildman–Crippen MR) is 119 cm³/mol. The van der Waals surface area contributed by atoms with E-state index in [0.717, 1.165) is 25.0 Å². The lowest BCUT2D eigenvalue weighted by Gasteiger charge is -2.30. The molecule has 1 unspecified atom stereocenters. The van der Waals surface area contributed by atoms with Gasteiger partial charge in [0, 0.05) is 19.6 Å². The first kappa shape index (κ1) is 22.8. The Morgan fingerprint density at radius 2 is 2.03 bits per heavy atom. The summed E-state index contributed by atoms with van der Waals surface area (Å²) in [6, 6.07) is 11.4. The van der Waals surface area contributed by atoms with Gasteiger partial charge in [0.2, 0.25) is 5.91 Å². The molecule has 1 aromatic carbocycles. The van der Waals surface area contributed by atoms with Crippen molar-refractivity contribution < 1.29 is 17.9 Å². The van der Waals surface area contributed by atoms with Crippen LogP contribution in [0.1, 0.15) is 38.7 Å². The number of sulfonamides is 1. The molecular weight excluding hydrogens is 420 g/mol. The molecule has 2 heterocycles. The fraction of sp³-hybridized carbons (Fsp3) is 0.500. The maximum atomic E-state index is 12.7. The molecule has 3 rings (SSSR count). The summed E-state index contributed by atoms with van der Waals surface area (Å²) in [5.41, 5.74) is 1.20. The number of nitrogens with one attached hydrogen (secondary N) is 1. The number of aryl methyl sites for hydroxylation is 1. The van der Waals surface area contributed by atoms with Gasteiger partial charge < -0.3 is 10.1 Å². The van der Waals surface area contributed by atoms with E-state index in [4.69, 9.17) is 4.74 Å². The fourth-order valence-electron chi connectivity index (χ4n) is 3.57. The maximum Gasteiger partial charge on any atom is 0.252 e. The van der Waals surface area contributed by atoms with Gasteiger partial charge in [-0.05, 0) is 68.7 Å². The zero-order chi connectivity index (χ0) is 21.6. The number of hydrogen-bond donors (Lipinski definition) is 1. The first-order valence-corrected chi connectivity index (χ1v) is 12.7. The Morgan fingerprint density at radius 1 is 1.27 bits per heavy atom. The summed E-state index contributed by atoms with van der Waals surface area (Å²) in [5.74, 6) is 0.518. The molecule has 1 aromatic heterocycles. The van der Waals surface area contributed by atoms with Crippen LogP contribution < -0.4 is 10.1 Å². The Labute approximate surface area is 183 Å². The summed E-state index contributed by atoms with van der Waals surface area (Å²) < 4.78 is 32.9. The molecule has 8 heteroatoms. The van der Waals surface area contributed by atoms with Crippen LogP contribution in [0.4, 0.5) is 0 Å². The molecule has 1 N–H and O–H groups in total. The van der Waals surface area contributed by atoms with Crippen LogP contribution in [0.5, 0.6) is 5.75 Å². The number of hydrogen-bond acceptors (Lipinski definition) is 5. The molecule has 0 radical (unpaired) electrons. The van der Waals surface area contributed by atoms with Gasteiger partial charge in [-0.15, -0.1) is 11.3 Å². The summed E-state index contributed by atoms with van der Waals surface area (Å²) in [7, 11) is -3.50. The van der Waals surface area contributed by atoms with Crippen molar-refractivity contribution in [1.82, 2.24) is 9.62 Å². The van der Waals surface area contributed by atoms with Crippen LogP contribution in [0, 0.1) is 5.92 Å². The first-order valence-electron chi connectivity index (χ1n) is 10.4. The van der Waals surface area contributed by atoms with Crippen molar-refractivity contribution in [1.29, 1.82) is 0 Å². The van der Waals surface area contributed by atoms with Gasteiger partial charge >= 0.3 is 0 Å². The molecule has 0 aliphatic carbocycles. The molecule has 1 aliphatic rings. The smallest absolute Gasteiger partial charge is 0.252 e. The molecular formula is C22H30N2O4S2. The first-order chi connectivity index (χ1) is 14.4. The number of amides is 1. The topological polar surface area (TPSA) is 75.7 Å². The molecule has 6 nitrogen and oxygen atoms in total.